The Morgan fingerprint density at radius 3 is 2.74 bits per heavy atom. The number of nitrogens with one attached hydrogen (secondary N) is 2. The van der Waals surface area contributed by atoms with Crippen LogP contribution in [0.4, 0.5) is 10.2 Å². The van der Waals surface area contributed by atoms with Crippen molar-refractivity contribution in [2.24, 2.45) is 0 Å². The first-order chi connectivity index (χ1) is 13.1. The molecule has 0 radical (unpaired) electrons. The average Bonchev–Trinajstić information content (AvgIpc) is 3.11. The number of aromatic nitrogens is 4. The van der Waals surface area contributed by atoms with Gasteiger partial charge in [0.1, 0.15) is 23.7 Å². The molecule has 2 N–H and O–H groups in total. The van der Waals surface area contributed by atoms with Gasteiger partial charge in [-0.1, -0.05) is 0 Å². The van der Waals surface area contributed by atoms with E-state index in [1.165, 1.54) is 30.6 Å². The number of anilines is 1. The van der Waals surface area contributed by atoms with E-state index in [4.69, 9.17) is 4.74 Å². The van der Waals surface area contributed by atoms with Crippen LogP contribution in [0, 0.1) is 12.7 Å². The van der Waals surface area contributed by atoms with Crippen LogP contribution >= 0.6 is 0 Å². The third kappa shape index (κ3) is 5.50. The molecule has 3 rings (SSSR count). The second-order valence-corrected chi connectivity index (χ2v) is 5.68. The van der Waals surface area contributed by atoms with E-state index in [-0.39, 0.29) is 18.3 Å². The maximum atomic E-state index is 12.8. The van der Waals surface area contributed by atoms with Gasteiger partial charge in [0.05, 0.1) is 5.69 Å². The first kappa shape index (κ1) is 18.3. The molecule has 140 valence electrons. The minimum atomic E-state index is -0.353. The second-order valence-electron chi connectivity index (χ2n) is 5.68. The van der Waals surface area contributed by atoms with Gasteiger partial charge in [0.2, 0.25) is 0 Å². The molecule has 0 aliphatic rings. The summed E-state index contributed by atoms with van der Waals surface area (Å²) < 4.78 is 19.7. The number of nitrogens with zero attached hydrogens (tertiary/aromatic N) is 4. The lowest BCUT2D eigenvalue weighted by atomic mass is 10.3. The summed E-state index contributed by atoms with van der Waals surface area (Å²) in [6, 6.07) is 9.15. The number of benzene rings is 1. The summed E-state index contributed by atoms with van der Waals surface area (Å²) in [5.41, 5.74) is 0.897. The molecule has 0 atom stereocenters. The molecule has 0 saturated carbocycles. The van der Waals surface area contributed by atoms with E-state index >= 15 is 0 Å². The number of aryl methyl sites for hydroxylation is 1. The molecule has 3 aromatic rings. The number of hydrogen-bond acceptors (Lipinski definition) is 6. The molecule has 0 aliphatic heterocycles. The quantitative estimate of drug-likeness (QED) is 0.587. The Balaban J connectivity index is 1.39. The number of carbonyl (C=O) groups excluding carboxylic acids is 1. The van der Waals surface area contributed by atoms with Gasteiger partial charge in [-0.25, -0.2) is 19.0 Å². The van der Waals surface area contributed by atoms with Gasteiger partial charge in [-0.15, -0.1) is 0 Å². The molecule has 0 aliphatic carbocycles. The largest absolute Gasteiger partial charge is 0.484 e. The van der Waals surface area contributed by atoms with Crippen LogP contribution < -0.4 is 15.4 Å². The first-order valence-corrected chi connectivity index (χ1v) is 8.34. The van der Waals surface area contributed by atoms with Crippen LogP contribution in [-0.2, 0) is 4.79 Å². The SMILES string of the molecule is Cc1ccn(-c2cc(NCCNC(=O)COc3ccc(F)cc3)ncn2)n1. The van der Waals surface area contributed by atoms with Crippen molar-refractivity contribution in [3.8, 4) is 11.6 Å². The lowest BCUT2D eigenvalue weighted by Crippen LogP contribution is -2.32. The summed E-state index contributed by atoms with van der Waals surface area (Å²) >= 11 is 0. The van der Waals surface area contributed by atoms with E-state index in [1.807, 2.05) is 19.2 Å². The molecular formula is C18H19FN6O2. The third-order valence-corrected chi connectivity index (χ3v) is 3.55. The van der Waals surface area contributed by atoms with Gasteiger partial charge in [0.25, 0.3) is 5.91 Å². The van der Waals surface area contributed by atoms with Crippen molar-refractivity contribution in [1.29, 1.82) is 0 Å². The van der Waals surface area contributed by atoms with Crippen LogP contribution in [0.1, 0.15) is 5.69 Å². The first-order valence-electron chi connectivity index (χ1n) is 8.34. The van der Waals surface area contributed by atoms with Crippen molar-refractivity contribution in [3.63, 3.8) is 0 Å². The molecule has 1 aromatic carbocycles. The summed E-state index contributed by atoms with van der Waals surface area (Å²) in [5.74, 6) is 1.10. The third-order valence-electron chi connectivity index (χ3n) is 3.55. The van der Waals surface area contributed by atoms with Crippen molar-refractivity contribution in [3.05, 3.63) is 60.4 Å². The molecule has 0 saturated heterocycles. The predicted molar refractivity (Wildman–Crippen MR) is 97.3 cm³/mol. The van der Waals surface area contributed by atoms with Crippen molar-refractivity contribution in [1.82, 2.24) is 25.1 Å². The number of amides is 1. The number of rotatable bonds is 8. The van der Waals surface area contributed by atoms with Crippen LogP contribution in [0.3, 0.4) is 0 Å². The minimum absolute atomic E-state index is 0.137. The van der Waals surface area contributed by atoms with E-state index in [1.54, 1.807) is 10.7 Å². The van der Waals surface area contributed by atoms with E-state index in [0.717, 1.165) is 5.69 Å². The molecule has 8 nitrogen and oxygen atoms in total. The summed E-state index contributed by atoms with van der Waals surface area (Å²) in [7, 11) is 0. The van der Waals surface area contributed by atoms with Gasteiger partial charge in [-0.3, -0.25) is 4.79 Å². The molecule has 9 heteroatoms. The van der Waals surface area contributed by atoms with E-state index in [9.17, 15) is 9.18 Å². The topological polar surface area (TPSA) is 94.0 Å². The standard InChI is InChI=1S/C18H19FN6O2/c1-13-6-9-25(24-13)17-10-16(22-12-23-17)20-7-8-21-18(26)11-27-15-4-2-14(19)3-5-15/h2-6,9-10,12H,7-8,11H2,1H3,(H,21,26)(H,20,22,23). The highest BCUT2D eigenvalue weighted by Crippen LogP contribution is 2.10. The van der Waals surface area contributed by atoms with Gasteiger partial charge in [0.15, 0.2) is 12.4 Å². The molecule has 27 heavy (non-hydrogen) atoms. The van der Waals surface area contributed by atoms with Crippen molar-refractivity contribution in [2.45, 2.75) is 6.92 Å². The lowest BCUT2D eigenvalue weighted by Gasteiger charge is -2.09. The van der Waals surface area contributed by atoms with Gasteiger partial charge in [-0.2, -0.15) is 5.10 Å². The Hall–Kier alpha value is -3.49. The fourth-order valence-corrected chi connectivity index (χ4v) is 2.23. The van der Waals surface area contributed by atoms with E-state index in [2.05, 4.69) is 25.7 Å². The van der Waals surface area contributed by atoms with Gasteiger partial charge < -0.3 is 15.4 Å². The van der Waals surface area contributed by atoms with Crippen LogP contribution in [0.5, 0.6) is 5.75 Å². The summed E-state index contributed by atoms with van der Waals surface area (Å²) in [5, 5.41) is 10.1. The molecule has 2 heterocycles. The number of hydrogen-bond donors (Lipinski definition) is 2. The van der Waals surface area contributed by atoms with Crippen molar-refractivity contribution in [2.75, 3.05) is 25.0 Å². The van der Waals surface area contributed by atoms with Crippen LogP contribution in [0.25, 0.3) is 5.82 Å². The van der Waals surface area contributed by atoms with Gasteiger partial charge in [0, 0.05) is 25.4 Å². The van der Waals surface area contributed by atoms with Crippen LogP contribution in [0.2, 0.25) is 0 Å². The zero-order valence-corrected chi connectivity index (χ0v) is 14.7. The Morgan fingerprint density at radius 2 is 2.00 bits per heavy atom. The maximum Gasteiger partial charge on any atom is 0.258 e. The smallest absolute Gasteiger partial charge is 0.258 e. The molecular weight excluding hydrogens is 351 g/mol. The second kappa shape index (κ2) is 8.75. The van der Waals surface area contributed by atoms with Crippen molar-refractivity contribution < 1.29 is 13.9 Å². The Bertz CT molecular complexity index is 897. The molecule has 1 amide bonds. The highest BCUT2D eigenvalue weighted by molar-refractivity contribution is 5.77. The van der Waals surface area contributed by atoms with Crippen LogP contribution in [-0.4, -0.2) is 45.4 Å². The molecule has 0 unspecified atom stereocenters. The monoisotopic (exact) mass is 370 g/mol. The predicted octanol–water partition coefficient (Wildman–Crippen LogP) is 1.72. The highest BCUT2D eigenvalue weighted by Gasteiger charge is 2.04. The van der Waals surface area contributed by atoms with Gasteiger partial charge >= 0.3 is 0 Å². The number of carbonyl (C=O) groups is 1. The Labute approximate surface area is 155 Å². The Kier molecular flexibility index (Phi) is 5.93. The minimum Gasteiger partial charge on any atom is -0.484 e. The molecule has 2 aromatic heterocycles. The normalized spacial score (nSPS) is 10.4. The molecule has 0 spiro atoms. The summed E-state index contributed by atoms with van der Waals surface area (Å²) in [6.45, 7) is 2.64. The molecule has 0 bridgehead atoms. The van der Waals surface area contributed by atoms with Crippen LogP contribution in [0.15, 0.2) is 48.9 Å². The fourth-order valence-electron chi connectivity index (χ4n) is 2.23. The maximum absolute atomic E-state index is 12.8. The number of ether oxygens (including phenoxy) is 1. The lowest BCUT2D eigenvalue weighted by molar-refractivity contribution is -0.123. The zero-order chi connectivity index (χ0) is 19.1. The van der Waals surface area contributed by atoms with Crippen molar-refractivity contribution >= 4 is 11.7 Å². The highest BCUT2D eigenvalue weighted by atomic mass is 19.1. The Morgan fingerprint density at radius 1 is 1.19 bits per heavy atom. The zero-order valence-electron chi connectivity index (χ0n) is 14.7. The number of halogens is 1. The fraction of sp³-hybridized carbons (Fsp3) is 0.222. The summed E-state index contributed by atoms with van der Waals surface area (Å²) in [6.07, 6.45) is 3.27. The summed E-state index contributed by atoms with van der Waals surface area (Å²) in [4.78, 5) is 20.1. The van der Waals surface area contributed by atoms with Gasteiger partial charge in [-0.05, 0) is 37.3 Å². The van der Waals surface area contributed by atoms with E-state index in [0.29, 0.717) is 30.5 Å². The molecule has 0 fully saturated rings. The van der Waals surface area contributed by atoms with E-state index < -0.39 is 0 Å². The average molecular weight is 370 g/mol.